The number of carbonyl (C=O) groups excluding carboxylic acids is 1. The molecule has 2 aliphatic rings. The Morgan fingerprint density at radius 1 is 0.697 bits per heavy atom. The van der Waals surface area contributed by atoms with E-state index in [0.29, 0.717) is 54.4 Å². The van der Waals surface area contributed by atoms with Crippen molar-refractivity contribution in [3.8, 4) is 46.7 Å². The predicted molar refractivity (Wildman–Crippen MR) is 259 cm³/mol. The number of piperidine rings is 1. The fraction of sp³-hybridized carbons (Fsp3) is 0.212. The van der Waals surface area contributed by atoms with Crippen molar-refractivity contribution in [2.45, 2.75) is 33.1 Å². The summed E-state index contributed by atoms with van der Waals surface area (Å²) in [6, 6.07) is 27.8. The number of benzene rings is 3. The molecule has 0 bridgehead atoms. The van der Waals surface area contributed by atoms with Crippen LogP contribution in [0.3, 0.4) is 0 Å². The van der Waals surface area contributed by atoms with Crippen LogP contribution in [0.5, 0.6) is 0 Å². The maximum absolute atomic E-state index is 12.7. The molecule has 0 radical (unpaired) electrons. The summed E-state index contributed by atoms with van der Waals surface area (Å²) in [5, 5.41) is 20.6. The number of fused-ring (bicyclic) bond motifs is 2. The molecule has 3 aromatic carbocycles. The topological polar surface area (TPSA) is 152 Å². The summed E-state index contributed by atoms with van der Waals surface area (Å²) in [6.45, 7) is 8.99. The number of amides is 1. The van der Waals surface area contributed by atoms with Gasteiger partial charge in [-0.15, -0.1) is 6.42 Å². The number of ether oxygens (including phenoxy) is 1. The van der Waals surface area contributed by atoms with Crippen molar-refractivity contribution in [2.24, 2.45) is 0 Å². The second kappa shape index (κ2) is 22.9. The first-order chi connectivity index (χ1) is 32.2. The van der Waals surface area contributed by atoms with E-state index in [9.17, 15) is 9.59 Å². The zero-order valence-corrected chi connectivity index (χ0v) is 38.3. The van der Waals surface area contributed by atoms with Gasteiger partial charge in [-0.2, -0.15) is 10.2 Å². The number of halogens is 1. The van der Waals surface area contributed by atoms with Crippen molar-refractivity contribution in [3.63, 3.8) is 0 Å². The lowest BCUT2D eigenvalue weighted by molar-refractivity contribution is 0.0303. The summed E-state index contributed by atoms with van der Waals surface area (Å²) in [4.78, 5) is 38.7. The van der Waals surface area contributed by atoms with Crippen LogP contribution >= 0.6 is 15.9 Å². The van der Waals surface area contributed by atoms with E-state index >= 15 is 0 Å². The highest BCUT2D eigenvalue weighted by molar-refractivity contribution is 9.10. The van der Waals surface area contributed by atoms with E-state index in [1.807, 2.05) is 72.6 Å². The second-order valence-electron chi connectivity index (χ2n) is 15.3. The Labute approximate surface area is 392 Å². The first-order valence-electron chi connectivity index (χ1n) is 21.5. The molecule has 2 fully saturated rings. The average Bonchev–Trinajstić information content (AvgIpc) is 3.99. The zero-order valence-electron chi connectivity index (χ0n) is 36.7. The minimum Gasteiger partial charge on any atom is -0.478 e. The number of carbonyl (C=O) groups is 2. The highest BCUT2D eigenvalue weighted by Crippen LogP contribution is 2.22. The van der Waals surface area contributed by atoms with Gasteiger partial charge in [0.15, 0.2) is 11.3 Å². The monoisotopic (exact) mass is 941 g/mol. The van der Waals surface area contributed by atoms with E-state index < -0.39 is 5.97 Å². The summed E-state index contributed by atoms with van der Waals surface area (Å²) in [7, 11) is 0. The van der Waals surface area contributed by atoms with Gasteiger partial charge in [0.25, 0.3) is 5.91 Å². The van der Waals surface area contributed by atoms with Crippen molar-refractivity contribution < 1.29 is 19.4 Å². The van der Waals surface area contributed by atoms with Gasteiger partial charge in [-0.05, 0) is 99.4 Å². The van der Waals surface area contributed by atoms with Crippen LogP contribution in [0.25, 0.3) is 33.8 Å². The summed E-state index contributed by atoms with van der Waals surface area (Å²) in [5.74, 6) is 7.97. The summed E-state index contributed by atoms with van der Waals surface area (Å²) >= 11 is 3.40. The van der Waals surface area contributed by atoms with Crippen molar-refractivity contribution >= 4 is 39.1 Å². The Morgan fingerprint density at radius 3 is 1.79 bits per heavy atom. The van der Waals surface area contributed by atoms with Gasteiger partial charge in [-0.3, -0.25) is 9.78 Å². The minimum absolute atomic E-state index is 0.0306. The van der Waals surface area contributed by atoms with E-state index in [1.165, 1.54) is 42.4 Å². The molecule has 5 aromatic heterocycles. The molecule has 2 N–H and O–H groups in total. The van der Waals surface area contributed by atoms with Crippen molar-refractivity contribution in [1.82, 2.24) is 44.4 Å². The smallest absolute Gasteiger partial charge is 0.335 e. The third kappa shape index (κ3) is 12.2. The third-order valence-electron chi connectivity index (χ3n) is 10.7. The lowest BCUT2D eigenvalue weighted by Crippen LogP contribution is -2.40. The predicted octanol–water partition coefficient (Wildman–Crippen LogP) is 8.57. The van der Waals surface area contributed by atoms with Crippen LogP contribution in [0.1, 0.15) is 67.8 Å². The standard InChI is InChI=1S/C25H21N5O2.C15H9N3O2.C7H7Br.C5H11N/c1-18-16-26-10-8-19(18)2-7-22-17-27-30-11-9-23(28-24(22)30)20-3-5-21(6-4-20)25(31)29-12-14-32-15-13-29;1-2-10-9-16-18-8-7-13(17-14(10)18)11-3-5-12(6-4-11)15(19)20;1-6-4-2-3-5-7(6)8;1-2-4-6-5-3-1/h3-6,8-11,16-17H,12-15H2,1H3;1,3-9H,(H,19,20);2-5H,1H3;6H,1-5H2. The van der Waals surface area contributed by atoms with Gasteiger partial charge in [-0.25, -0.2) is 23.8 Å². The van der Waals surface area contributed by atoms with Gasteiger partial charge >= 0.3 is 5.97 Å². The molecule has 10 rings (SSSR count). The number of carboxylic acids is 1. The number of hydrogen-bond donors (Lipinski definition) is 2. The van der Waals surface area contributed by atoms with Crippen LogP contribution in [-0.4, -0.2) is 95.5 Å². The molecule has 0 saturated carbocycles. The number of pyridine rings is 1. The van der Waals surface area contributed by atoms with Crippen LogP contribution < -0.4 is 5.32 Å². The molecular formula is C52H48BrN9O4. The SMILES string of the molecule is C#Cc1cnn2ccc(-c3ccc(C(=O)O)cc3)nc12.C1CCNCC1.Cc1ccccc1Br.Cc1cnccc1C#Cc1cnn2ccc(-c3ccc(C(=O)N4CCOCC4)cc3)nc12. The van der Waals surface area contributed by atoms with E-state index in [4.69, 9.17) is 21.3 Å². The summed E-state index contributed by atoms with van der Waals surface area (Å²) in [5.41, 5.74) is 10.1. The Kier molecular flexibility index (Phi) is 16.1. The molecule has 66 heavy (non-hydrogen) atoms. The second-order valence-corrected chi connectivity index (χ2v) is 16.1. The molecule has 2 saturated heterocycles. The number of aryl methyl sites for hydroxylation is 2. The Morgan fingerprint density at radius 2 is 1.27 bits per heavy atom. The molecule has 0 unspecified atom stereocenters. The number of carboxylic acid groups (broad SMARTS) is 1. The van der Waals surface area contributed by atoms with Gasteiger partial charge in [-0.1, -0.05) is 82.6 Å². The van der Waals surface area contributed by atoms with Crippen LogP contribution in [-0.2, 0) is 4.74 Å². The number of hydrogen-bond acceptors (Lipinski definition) is 9. The van der Waals surface area contributed by atoms with Crippen LogP contribution in [0.2, 0.25) is 0 Å². The van der Waals surface area contributed by atoms with E-state index in [0.717, 1.165) is 33.5 Å². The molecular weight excluding hydrogens is 895 g/mol. The van der Waals surface area contributed by atoms with Gasteiger partial charge in [0.2, 0.25) is 0 Å². The van der Waals surface area contributed by atoms with Gasteiger partial charge in [0.05, 0.1) is 53.7 Å². The zero-order chi connectivity index (χ0) is 46.3. The van der Waals surface area contributed by atoms with Crippen molar-refractivity contribution in [2.75, 3.05) is 39.4 Å². The molecule has 0 atom stereocenters. The number of nitrogens with one attached hydrogen (secondary N) is 1. The first-order valence-corrected chi connectivity index (χ1v) is 22.3. The van der Waals surface area contributed by atoms with Crippen molar-refractivity contribution in [3.05, 3.63) is 172 Å². The number of aromatic nitrogens is 7. The molecule has 13 nitrogen and oxygen atoms in total. The number of nitrogens with zero attached hydrogens (tertiary/aromatic N) is 8. The molecule has 2 aliphatic heterocycles. The Bertz CT molecular complexity index is 2990. The van der Waals surface area contributed by atoms with Crippen LogP contribution in [0.15, 0.2) is 133 Å². The maximum atomic E-state index is 12.7. The minimum atomic E-state index is -0.953. The number of morpholine rings is 1. The average molecular weight is 943 g/mol. The quantitative estimate of drug-likeness (QED) is 0.164. The number of terminal acetylenes is 1. The first kappa shape index (κ1) is 46.5. The van der Waals surface area contributed by atoms with E-state index in [2.05, 4.69) is 72.2 Å². The van der Waals surface area contributed by atoms with Gasteiger partial charge < -0.3 is 20.1 Å². The summed E-state index contributed by atoms with van der Waals surface area (Å²) < 4.78 is 9.82. The molecule has 1 amide bonds. The van der Waals surface area contributed by atoms with E-state index in [1.54, 1.807) is 70.3 Å². The highest BCUT2D eigenvalue weighted by atomic mass is 79.9. The summed E-state index contributed by atoms with van der Waals surface area (Å²) in [6.07, 6.45) is 20.1. The third-order valence-corrected chi connectivity index (χ3v) is 11.6. The largest absolute Gasteiger partial charge is 0.478 e. The molecule has 8 aromatic rings. The molecule has 332 valence electrons. The Balaban J connectivity index is 0.000000160. The fourth-order valence-electron chi connectivity index (χ4n) is 6.87. The molecule has 7 heterocycles. The van der Waals surface area contributed by atoms with Crippen LogP contribution in [0.4, 0.5) is 0 Å². The van der Waals surface area contributed by atoms with Crippen molar-refractivity contribution in [1.29, 1.82) is 0 Å². The fourth-order valence-corrected chi connectivity index (χ4v) is 7.15. The maximum Gasteiger partial charge on any atom is 0.335 e. The number of aromatic carboxylic acids is 1. The van der Waals surface area contributed by atoms with Gasteiger partial charge in [0, 0.05) is 64.6 Å². The number of rotatable bonds is 4. The molecule has 0 spiro atoms. The molecule has 0 aliphatic carbocycles. The molecule has 14 heteroatoms. The lowest BCUT2D eigenvalue weighted by atomic mass is 10.1. The van der Waals surface area contributed by atoms with Gasteiger partial charge in [0.1, 0.15) is 0 Å². The van der Waals surface area contributed by atoms with E-state index in [-0.39, 0.29) is 11.5 Å². The lowest BCUT2D eigenvalue weighted by Gasteiger charge is -2.26. The Hall–Kier alpha value is -7.49. The highest BCUT2D eigenvalue weighted by Gasteiger charge is 2.18. The normalized spacial score (nSPS) is 13.0. The van der Waals surface area contributed by atoms with Crippen LogP contribution in [0, 0.1) is 38.0 Å².